The molecule has 1 saturated heterocycles. The van der Waals surface area contributed by atoms with Crippen molar-refractivity contribution in [1.82, 2.24) is 14.2 Å². The molecule has 0 spiro atoms. The fourth-order valence-corrected chi connectivity index (χ4v) is 5.59. The van der Waals surface area contributed by atoms with E-state index >= 15 is 0 Å². The second kappa shape index (κ2) is 9.24. The summed E-state index contributed by atoms with van der Waals surface area (Å²) in [7, 11) is -2.05. The summed E-state index contributed by atoms with van der Waals surface area (Å²) in [6.07, 6.45) is 4.18. The van der Waals surface area contributed by atoms with Crippen LogP contribution in [-0.2, 0) is 16.4 Å². The standard InChI is InChI=1S/C21H26ClN3O3S/c1-16-6-5-12-25(15-16)29(27,28)20-14-17(8-9-19(20)22)21(26)24(2)13-10-18-7-3-4-11-23-18/h3-4,7-9,11,14,16H,5-6,10,12-13,15H2,1-2H3. The second-order valence-corrected chi connectivity index (χ2v) is 9.87. The van der Waals surface area contributed by atoms with Gasteiger partial charge in [-0.2, -0.15) is 4.31 Å². The van der Waals surface area contributed by atoms with Crippen LogP contribution in [0.25, 0.3) is 0 Å². The van der Waals surface area contributed by atoms with Crippen molar-refractivity contribution in [3.05, 3.63) is 58.9 Å². The average Bonchev–Trinajstić information content (AvgIpc) is 2.72. The zero-order chi connectivity index (χ0) is 21.0. The number of rotatable bonds is 6. The molecule has 0 aliphatic carbocycles. The van der Waals surface area contributed by atoms with Crippen LogP contribution in [0.5, 0.6) is 0 Å². The van der Waals surface area contributed by atoms with Gasteiger partial charge in [0.2, 0.25) is 10.0 Å². The normalized spacial score (nSPS) is 17.8. The average molecular weight is 436 g/mol. The lowest BCUT2D eigenvalue weighted by Crippen LogP contribution is -2.39. The van der Waals surface area contributed by atoms with Crippen LogP contribution in [0.1, 0.15) is 35.8 Å². The smallest absolute Gasteiger partial charge is 0.253 e. The first-order valence-corrected chi connectivity index (χ1v) is 11.6. The van der Waals surface area contributed by atoms with E-state index in [1.807, 2.05) is 25.1 Å². The summed E-state index contributed by atoms with van der Waals surface area (Å²) in [5.74, 6) is 0.0564. The van der Waals surface area contributed by atoms with Gasteiger partial charge in [-0.3, -0.25) is 9.78 Å². The maximum Gasteiger partial charge on any atom is 0.253 e. The molecule has 156 valence electrons. The Morgan fingerprint density at radius 1 is 1.31 bits per heavy atom. The third kappa shape index (κ3) is 5.15. The maximum atomic E-state index is 13.1. The Morgan fingerprint density at radius 3 is 2.79 bits per heavy atom. The van der Waals surface area contributed by atoms with Crippen LogP contribution in [0.3, 0.4) is 0 Å². The predicted molar refractivity (Wildman–Crippen MR) is 114 cm³/mol. The number of likely N-dealkylation sites (N-methyl/N-ethyl adjacent to an activating group) is 1. The van der Waals surface area contributed by atoms with E-state index in [4.69, 9.17) is 11.6 Å². The summed E-state index contributed by atoms with van der Waals surface area (Å²) in [4.78, 5) is 18.7. The number of hydrogen-bond acceptors (Lipinski definition) is 4. The second-order valence-electron chi connectivity index (χ2n) is 7.55. The van der Waals surface area contributed by atoms with Gasteiger partial charge in [0.15, 0.2) is 0 Å². The Bertz CT molecular complexity index is 966. The van der Waals surface area contributed by atoms with E-state index in [2.05, 4.69) is 4.98 Å². The Kier molecular flexibility index (Phi) is 6.93. The lowest BCUT2D eigenvalue weighted by molar-refractivity contribution is 0.0796. The van der Waals surface area contributed by atoms with E-state index in [9.17, 15) is 13.2 Å². The molecule has 1 fully saturated rings. The van der Waals surface area contributed by atoms with Crippen molar-refractivity contribution in [2.24, 2.45) is 5.92 Å². The highest BCUT2D eigenvalue weighted by Crippen LogP contribution is 2.29. The number of aromatic nitrogens is 1. The molecule has 8 heteroatoms. The number of halogens is 1. The van der Waals surface area contributed by atoms with Gasteiger partial charge in [-0.1, -0.05) is 24.6 Å². The van der Waals surface area contributed by atoms with Crippen LogP contribution in [-0.4, -0.2) is 55.2 Å². The highest BCUT2D eigenvalue weighted by atomic mass is 35.5. The van der Waals surface area contributed by atoms with Gasteiger partial charge >= 0.3 is 0 Å². The van der Waals surface area contributed by atoms with Gasteiger partial charge in [0.25, 0.3) is 5.91 Å². The van der Waals surface area contributed by atoms with Crippen LogP contribution in [0.2, 0.25) is 5.02 Å². The molecule has 0 saturated carbocycles. The van der Waals surface area contributed by atoms with Gasteiger partial charge in [0, 0.05) is 50.6 Å². The first-order valence-electron chi connectivity index (χ1n) is 9.74. The van der Waals surface area contributed by atoms with E-state index in [1.54, 1.807) is 24.2 Å². The number of carbonyl (C=O) groups is 1. The summed E-state index contributed by atoms with van der Waals surface area (Å²) in [6, 6.07) is 10.1. The molecule has 29 heavy (non-hydrogen) atoms. The highest BCUT2D eigenvalue weighted by Gasteiger charge is 2.31. The minimum absolute atomic E-state index is 0.00255. The number of amides is 1. The maximum absolute atomic E-state index is 13.1. The number of pyridine rings is 1. The van der Waals surface area contributed by atoms with Crippen molar-refractivity contribution in [1.29, 1.82) is 0 Å². The van der Waals surface area contributed by atoms with Crippen molar-refractivity contribution in [2.75, 3.05) is 26.7 Å². The molecule has 1 aromatic carbocycles. The largest absolute Gasteiger partial charge is 0.341 e. The summed E-state index contributed by atoms with van der Waals surface area (Å²) in [5.41, 5.74) is 1.20. The third-order valence-electron chi connectivity index (χ3n) is 5.19. The van der Waals surface area contributed by atoms with Crippen LogP contribution >= 0.6 is 11.6 Å². The topological polar surface area (TPSA) is 70.6 Å². The van der Waals surface area contributed by atoms with Gasteiger partial charge in [0.1, 0.15) is 4.90 Å². The van der Waals surface area contributed by atoms with Crippen LogP contribution < -0.4 is 0 Å². The van der Waals surface area contributed by atoms with Gasteiger partial charge in [-0.05, 0) is 49.1 Å². The minimum atomic E-state index is -3.74. The van der Waals surface area contributed by atoms with Gasteiger partial charge in [0.05, 0.1) is 5.02 Å². The van der Waals surface area contributed by atoms with E-state index in [-0.39, 0.29) is 15.8 Å². The quantitative estimate of drug-likeness (QED) is 0.696. The fraction of sp³-hybridized carbons (Fsp3) is 0.429. The van der Waals surface area contributed by atoms with Gasteiger partial charge < -0.3 is 4.90 Å². The highest BCUT2D eigenvalue weighted by molar-refractivity contribution is 7.89. The zero-order valence-corrected chi connectivity index (χ0v) is 18.3. The Morgan fingerprint density at radius 2 is 2.10 bits per heavy atom. The van der Waals surface area contributed by atoms with E-state index in [0.717, 1.165) is 18.5 Å². The lowest BCUT2D eigenvalue weighted by atomic mass is 10.0. The first-order chi connectivity index (χ1) is 13.8. The number of carbonyl (C=O) groups excluding carboxylic acids is 1. The van der Waals surface area contributed by atoms with Crippen LogP contribution in [0.15, 0.2) is 47.5 Å². The van der Waals surface area contributed by atoms with Crippen molar-refractivity contribution >= 4 is 27.5 Å². The molecule has 1 aliphatic heterocycles. The Balaban J connectivity index is 1.78. The molecule has 0 N–H and O–H groups in total. The molecule has 6 nitrogen and oxygen atoms in total. The molecule has 0 bridgehead atoms. The number of sulfonamides is 1. The van der Waals surface area contributed by atoms with E-state index in [1.165, 1.54) is 16.4 Å². The van der Waals surface area contributed by atoms with Crippen molar-refractivity contribution in [2.45, 2.75) is 31.1 Å². The van der Waals surface area contributed by atoms with Crippen molar-refractivity contribution < 1.29 is 13.2 Å². The summed E-state index contributed by atoms with van der Waals surface area (Å²) in [6.45, 7) is 3.47. The summed E-state index contributed by atoms with van der Waals surface area (Å²) >= 11 is 6.22. The minimum Gasteiger partial charge on any atom is -0.341 e. The predicted octanol–water partition coefficient (Wildman–Crippen LogP) is 3.47. The molecular formula is C21H26ClN3O3S. The monoisotopic (exact) mass is 435 g/mol. The number of nitrogens with zero attached hydrogens (tertiary/aromatic N) is 3. The molecule has 3 rings (SSSR count). The summed E-state index contributed by atoms with van der Waals surface area (Å²) < 4.78 is 27.7. The van der Waals surface area contributed by atoms with E-state index in [0.29, 0.717) is 37.5 Å². The van der Waals surface area contributed by atoms with Crippen LogP contribution in [0.4, 0.5) is 0 Å². The Labute approximate surface area is 177 Å². The number of benzene rings is 1. The van der Waals surface area contributed by atoms with Gasteiger partial charge in [-0.15, -0.1) is 0 Å². The van der Waals surface area contributed by atoms with Crippen LogP contribution in [0, 0.1) is 5.92 Å². The lowest BCUT2D eigenvalue weighted by Gasteiger charge is -2.30. The van der Waals surface area contributed by atoms with E-state index < -0.39 is 10.0 Å². The zero-order valence-electron chi connectivity index (χ0n) is 16.7. The molecule has 1 unspecified atom stereocenters. The SMILES string of the molecule is CC1CCCN(S(=O)(=O)c2cc(C(=O)N(C)CCc3ccccn3)ccc2Cl)C1. The molecule has 2 heterocycles. The first kappa shape index (κ1) is 21.7. The van der Waals surface area contributed by atoms with Gasteiger partial charge in [-0.25, -0.2) is 8.42 Å². The fourth-order valence-electron chi connectivity index (χ4n) is 3.49. The molecule has 1 atom stereocenters. The molecule has 2 aromatic rings. The van der Waals surface area contributed by atoms with Crippen molar-refractivity contribution in [3.8, 4) is 0 Å². The molecule has 1 aromatic heterocycles. The Hall–Kier alpha value is -1.96. The molecular weight excluding hydrogens is 410 g/mol. The molecule has 0 radical (unpaired) electrons. The summed E-state index contributed by atoms with van der Waals surface area (Å²) in [5, 5.41) is 0.135. The molecule has 1 amide bonds. The number of piperidine rings is 1. The molecule has 1 aliphatic rings. The third-order valence-corrected chi connectivity index (χ3v) is 7.54. The number of hydrogen-bond donors (Lipinski definition) is 0. The van der Waals surface area contributed by atoms with Crippen molar-refractivity contribution in [3.63, 3.8) is 0 Å².